The zero-order valence-corrected chi connectivity index (χ0v) is 12.0. The Labute approximate surface area is 121 Å². The highest BCUT2D eigenvalue weighted by Gasteiger charge is 2.11. The zero-order valence-electron chi connectivity index (χ0n) is 11.2. The molecule has 2 heterocycles. The maximum Gasteiger partial charge on any atom is 0.195 e. The number of hydrogen-bond donors (Lipinski definition) is 0. The van der Waals surface area contributed by atoms with Gasteiger partial charge in [-0.1, -0.05) is 43.3 Å². The van der Waals surface area contributed by atoms with Crippen LogP contribution in [0.3, 0.4) is 0 Å². The molecule has 0 N–H and O–H groups in total. The van der Waals surface area contributed by atoms with Crippen LogP contribution < -0.4 is 0 Å². The molecule has 0 saturated heterocycles. The topological polar surface area (TPSA) is 17.3 Å². The summed E-state index contributed by atoms with van der Waals surface area (Å²) >= 11 is 1.70. The molecule has 2 aromatic heterocycles. The summed E-state index contributed by atoms with van der Waals surface area (Å²) < 4.78 is 2.25. The Morgan fingerprint density at radius 1 is 1.05 bits per heavy atom. The van der Waals surface area contributed by atoms with E-state index in [-0.39, 0.29) is 0 Å². The number of hydrogen-bond acceptors (Lipinski definition) is 2. The van der Waals surface area contributed by atoms with Crippen LogP contribution >= 0.6 is 11.3 Å². The summed E-state index contributed by atoms with van der Waals surface area (Å²) in [7, 11) is 0. The Morgan fingerprint density at radius 3 is 2.65 bits per heavy atom. The van der Waals surface area contributed by atoms with Gasteiger partial charge in [0, 0.05) is 5.38 Å². The van der Waals surface area contributed by atoms with E-state index in [1.807, 2.05) is 6.07 Å². The van der Waals surface area contributed by atoms with E-state index < -0.39 is 0 Å². The molecular formula is C17H14N2S. The van der Waals surface area contributed by atoms with Gasteiger partial charge in [0.25, 0.3) is 0 Å². The monoisotopic (exact) mass is 278 g/mol. The Balaban J connectivity index is 1.98. The van der Waals surface area contributed by atoms with E-state index in [1.165, 1.54) is 22.3 Å². The molecule has 0 fully saturated rings. The molecule has 0 amide bonds. The van der Waals surface area contributed by atoms with Crippen LogP contribution in [-0.2, 0) is 6.42 Å². The highest BCUT2D eigenvalue weighted by molar-refractivity contribution is 7.15. The molecule has 0 unspecified atom stereocenters. The lowest BCUT2D eigenvalue weighted by atomic mass is 10.1. The highest BCUT2D eigenvalue weighted by Crippen LogP contribution is 2.30. The maximum absolute atomic E-state index is 4.68. The van der Waals surface area contributed by atoms with E-state index in [9.17, 15) is 0 Å². The molecule has 0 bridgehead atoms. The molecule has 0 aliphatic carbocycles. The fraction of sp³-hybridized carbons (Fsp3) is 0.118. The van der Waals surface area contributed by atoms with Gasteiger partial charge in [-0.2, -0.15) is 0 Å². The summed E-state index contributed by atoms with van der Waals surface area (Å²) in [6.07, 6.45) is 1.08. The first kappa shape index (κ1) is 11.7. The SMILES string of the molecule is CCc1ccc(-c2csc3nc4ccccc4n23)cc1. The molecule has 0 aliphatic heterocycles. The molecule has 0 saturated carbocycles. The highest BCUT2D eigenvalue weighted by atomic mass is 32.1. The van der Waals surface area contributed by atoms with Crippen LogP contribution in [0.1, 0.15) is 12.5 Å². The second-order valence-electron chi connectivity index (χ2n) is 4.89. The minimum absolute atomic E-state index is 1.06. The van der Waals surface area contributed by atoms with Crippen molar-refractivity contribution in [1.82, 2.24) is 9.38 Å². The normalized spacial score (nSPS) is 11.4. The number of thiazole rings is 1. The van der Waals surface area contributed by atoms with Crippen molar-refractivity contribution in [3.63, 3.8) is 0 Å². The van der Waals surface area contributed by atoms with E-state index in [0.29, 0.717) is 0 Å². The van der Waals surface area contributed by atoms with Crippen LogP contribution in [0.2, 0.25) is 0 Å². The van der Waals surface area contributed by atoms with E-state index in [2.05, 4.69) is 64.2 Å². The summed E-state index contributed by atoms with van der Waals surface area (Å²) in [4.78, 5) is 5.73. The molecule has 0 aliphatic rings. The van der Waals surface area contributed by atoms with Crippen molar-refractivity contribution in [2.45, 2.75) is 13.3 Å². The number of nitrogens with zero attached hydrogens (tertiary/aromatic N) is 2. The smallest absolute Gasteiger partial charge is 0.195 e. The van der Waals surface area contributed by atoms with Gasteiger partial charge < -0.3 is 0 Å². The lowest BCUT2D eigenvalue weighted by molar-refractivity contribution is 1.14. The van der Waals surface area contributed by atoms with Crippen LogP contribution in [0.15, 0.2) is 53.9 Å². The number of rotatable bonds is 2. The van der Waals surface area contributed by atoms with Crippen LogP contribution in [0.5, 0.6) is 0 Å². The van der Waals surface area contributed by atoms with Crippen molar-refractivity contribution in [2.24, 2.45) is 0 Å². The second kappa shape index (κ2) is 4.46. The Bertz CT molecular complexity index is 884. The average Bonchev–Trinajstić information content (AvgIpc) is 3.06. The van der Waals surface area contributed by atoms with Crippen molar-refractivity contribution < 1.29 is 0 Å². The average molecular weight is 278 g/mol. The van der Waals surface area contributed by atoms with Gasteiger partial charge in [0.15, 0.2) is 4.96 Å². The maximum atomic E-state index is 4.68. The molecule has 2 aromatic carbocycles. The molecule has 20 heavy (non-hydrogen) atoms. The molecule has 3 heteroatoms. The molecule has 98 valence electrons. The number of aromatic nitrogens is 2. The number of benzene rings is 2. The van der Waals surface area contributed by atoms with Gasteiger partial charge in [-0.15, -0.1) is 11.3 Å². The number of para-hydroxylation sites is 2. The largest absolute Gasteiger partial charge is 0.283 e. The lowest BCUT2D eigenvalue weighted by Crippen LogP contribution is -1.86. The Morgan fingerprint density at radius 2 is 1.85 bits per heavy atom. The summed E-state index contributed by atoms with van der Waals surface area (Å²) in [5.74, 6) is 0. The van der Waals surface area contributed by atoms with Crippen LogP contribution in [-0.4, -0.2) is 9.38 Å². The predicted octanol–water partition coefficient (Wildman–Crippen LogP) is 4.78. The van der Waals surface area contributed by atoms with Crippen molar-refractivity contribution in [3.05, 3.63) is 59.5 Å². The quantitative estimate of drug-likeness (QED) is 0.516. The van der Waals surface area contributed by atoms with Gasteiger partial charge >= 0.3 is 0 Å². The molecule has 0 atom stereocenters. The van der Waals surface area contributed by atoms with Gasteiger partial charge in [-0.3, -0.25) is 4.40 Å². The van der Waals surface area contributed by atoms with Gasteiger partial charge in [-0.25, -0.2) is 4.98 Å². The standard InChI is InChI=1S/C17H14N2S/c1-2-12-7-9-13(10-8-12)16-11-20-17-18-14-5-3-4-6-15(14)19(16)17/h3-11H,2H2,1H3. The van der Waals surface area contributed by atoms with Crippen molar-refractivity contribution in [3.8, 4) is 11.3 Å². The Hall–Kier alpha value is -2.13. The molecule has 4 rings (SSSR count). The first-order valence-corrected chi connectivity index (χ1v) is 7.69. The summed E-state index contributed by atoms with van der Waals surface area (Å²) in [5, 5.41) is 2.19. The van der Waals surface area contributed by atoms with Gasteiger partial charge in [0.1, 0.15) is 0 Å². The minimum Gasteiger partial charge on any atom is -0.283 e. The molecular weight excluding hydrogens is 264 g/mol. The van der Waals surface area contributed by atoms with E-state index >= 15 is 0 Å². The number of aryl methyl sites for hydroxylation is 1. The van der Waals surface area contributed by atoms with Gasteiger partial charge in [0.2, 0.25) is 0 Å². The number of imidazole rings is 1. The van der Waals surface area contributed by atoms with E-state index in [0.717, 1.165) is 16.9 Å². The third-order valence-corrected chi connectivity index (χ3v) is 4.53. The van der Waals surface area contributed by atoms with Crippen LogP contribution in [0, 0.1) is 0 Å². The van der Waals surface area contributed by atoms with Gasteiger partial charge in [0.05, 0.1) is 16.7 Å². The van der Waals surface area contributed by atoms with E-state index in [1.54, 1.807) is 11.3 Å². The first-order chi connectivity index (χ1) is 9.86. The molecule has 0 radical (unpaired) electrons. The molecule has 4 aromatic rings. The second-order valence-corrected chi connectivity index (χ2v) is 5.73. The first-order valence-electron chi connectivity index (χ1n) is 6.81. The zero-order chi connectivity index (χ0) is 13.5. The van der Waals surface area contributed by atoms with Crippen LogP contribution in [0.4, 0.5) is 0 Å². The van der Waals surface area contributed by atoms with Crippen molar-refractivity contribution in [2.75, 3.05) is 0 Å². The summed E-state index contributed by atoms with van der Waals surface area (Å²) in [6.45, 7) is 2.18. The van der Waals surface area contributed by atoms with E-state index in [4.69, 9.17) is 0 Å². The summed E-state index contributed by atoms with van der Waals surface area (Å²) in [6, 6.07) is 17.1. The fourth-order valence-electron chi connectivity index (χ4n) is 2.59. The number of fused-ring (bicyclic) bond motifs is 3. The predicted molar refractivity (Wildman–Crippen MR) is 85.4 cm³/mol. The van der Waals surface area contributed by atoms with Crippen LogP contribution in [0.25, 0.3) is 27.3 Å². The molecule has 2 nitrogen and oxygen atoms in total. The van der Waals surface area contributed by atoms with Crippen molar-refractivity contribution >= 4 is 27.3 Å². The molecule has 0 spiro atoms. The third-order valence-electron chi connectivity index (χ3n) is 3.70. The Kier molecular flexibility index (Phi) is 2.60. The minimum atomic E-state index is 1.06. The lowest BCUT2D eigenvalue weighted by Gasteiger charge is -2.02. The van der Waals surface area contributed by atoms with Crippen molar-refractivity contribution in [1.29, 1.82) is 0 Å². The van der Waals surface area contributed by atoms with Gasteiger partial charge in [-0.05, 0) is 29.7 Å². The third kappa shape index (κ3) is 1.67. The summed E-state index contributed by atoms with van der Waals surface area (Å²) in [5.41, 5.74) is 6.08. The fourth-order valence-corrected chi connectivity index (χ4v) is 3.50.